The van der Waals surface area contributed by atoms with E-state index in [1.54, 1.807) is 13.8 Å². The van der Waals surface area contributed by atoms with E-state index < -0.39 is 5.97 Å². The van der Waals surface area contributed by atoms with Gasteiger partial charge in [-0.15, -0.1) is 0 Å². The molecular formula is C18H28N2O3. The van der Waals surface area contributed by atoms with Crippen LogP contribution in [0, 0.1) is 19.8 Å². The fourth-order valence-corrected chi connectivity index (χ4v) is 3.58. The first-order valence-corrected chi connectivity index (χ1v) is 8.44. The van der Waals surface area contributed by atoms with E-state index in [-0.39, 0.29) is 11.8 Å². The average molecular weight is 320 g/mol. The van der Waals surface area contributed by atoms with E-state index in [9.17, 15) is 9.59 Å². The molecule has 0 aromatic carbocycles. The molecule has 1 aliphatic rings. The summed E-state index contributed by atoms with van der Waals surface area (Å²) in [5, 5.41) is 3.48. The number of methoxy groups -OCH3 is 1. The number of nitrogens with one attached hydrogen (secondary N) is 2. The van der Waals surface area contributed by atoms with Crippen LogP contribution in [0.15, 0.2) is 0 Å². The van der Waals surface area contributed by atoms with Gasteiger partial charge in [-0.1, -0.05) is 19.8 Å². The maximum absolute atomic E-state index is 12.8. The fourth-order valence-electron chi connectivity index (χ4n) is 3.58. The minimum Gasteiger partial charge on any atom is -0.465 e. The Morgan fingerprint density at radius 3 is 2.52 bits per heavy atom. The molecule has 1 saturated carbocycles. The maximum Gasteiger partial charge on any atom is 0.339 e. The second-order valence-electron chi connectivity index (χ2n) is 6.74. The summed E-state index contributed by atoms with van der Waals surface area (Å²) in [6.07, 6.45) is 4.83. The molecule has 0 radical (unpaired) electrons. The van der Waals surface area contributed by atoms with Gasteiger partial charge >= 0.3 is 5.97 Å². The van der Waals surface area contributed by atoms with Gasteiger partial charge in [0.25, 0.3) is 0 Å². The molecule has 1 aliphatic carbocycles. The number of carbonyl (C=O) groups excluding carboxylic acids is 2. The quantitative estimate of drug-likeness (QED) is 0.646. The standard InChI is InChI=1S/C18H28N2O3/c1-10-8-6-7-9-14(10)19-13(4)17(21)16-11(2)15(12(3)20-16)18(22)23-5/h10,13-14,19-20H,6-9H2,1-5H3/t10-,13+,14-/m0/s1. The topological polar surface area (TPSA) is 71.2 Å². The smallest absolute Gasteiger partial charge is 0.339 e. The molecule has 2 N–H and O–H groups in total. The molecule has 0 amide bonds. The third-order valence-corrected chi connectivity index (χ3v) is 5.04. The van der Waals surface area contributed by atoms with Gasteiger partial charge in [0.2, 0.25) is 0 Å². The Morgan fingerprint density at radius 1 is 1.26 bits per heavy atom. The lowest BCUT2D eigenvalue weighted by molar-refractivity contribution is 0.0599. The van der Waals surface area contributed by atoms with Gasteiger partial charge in [-0.25, -0.2) is 4.79 Å². The summed E-state index contributed by atoms with van der Waals surface area (Å²) in [6.45, 7) is 7.72. The number of aromatic nitrogens is 1. The van der Waals surface area contributed by atoms with Crippen molar-refractivity contribution in [3.8, 4) is 0 Å². The van der Waals surface area contributed by atoms with Gasteiger partial charge in [-0.3, -0.25) is 4.79 Å². The number of Topliss-reactive ketones (excluding diaryl/α,β-unsaturated/α-hetero) is 1. The largest absolute Gasteiger partial charge is 0.465 e. The Kier molecular flexibility index (Phi) is 5.63. The van der Waals surface area contributed by atoms with Crippen molar-refractivity contribution < 1.29 is 14.3 Å². The monoisotopic (exact) mass is 320 g/mol. The van der Waals surface area contributed by atoms with Gasteiger partial charge in [-0.2, -0.15) is 0 Å². The number of carbonyl (C=O) groups is 2. The predicted octanol–water partition coefficient (Wildman–Crippen LogP) is 3.16. The van der Waals surface area contributed by atoms with Crippen LogP contribution in [0.3, 0.4) is 0 Å². The van der Waals surface area contributed by atoms with Gasteiger partial charge in [-0.05, 0) is 45.1 Å². The van der Waals surface area contributed by atoms with Crippen molar-refractivity contribution in [1.82, 2.24) is 10.3 Å². The van der Waals surface area contributed by atoms with Crippen LogP contribution in [-0.2, 0) is 4.74 Å². The number of rotatable bonds is 5. The molecule has 23 heavy (non-hydrogen) atoms. The fraction of sp³-hybridized carbons (Fsp3) is 0.667. The minimum absolute atomic E-state index is 0.00136. The molecule has 1 fully saturated rings. The van der Waals surface area contributed by atoms with Crippen molar-refractivity contribution in [2.45, 2.75) is 65.5 Å². The summed E-state index contributed by atoms with van der Waals surface area (Å²) in [7, 11) is 1.35. The molecule has 0 aliphatic heterocycles. The summed E-state index contributed by atoms with van der Waals surface area (Å²) >= 11 is 0. The third-order valence-electron chi connectivity index (χ3n) is 5.04. The Balaban J connectivity index is 2.15. The Hall–Kier alpha value is -1.62. The zero-order valence-corrected chi connectivity index (χ0v) is 14.8. The summed E-state index contributed by atoms with van der Waals surface area (Å²) < 4.78 is 4.80. The van der Waals surface area contributed by atoms with Crippen LogP contribution in [0.5, 0.6) is 0 Å². The van der Waals surface area contributed by atoms with E-state index in [2.05, 4.69) is 17.2 Å². The Morgan fingerprint density at radius 2 is 1.91 bits per heavy atom. The van der Waals surface area contributed by atoms with Crippen molar-refractivity contribution in [3.63, 3.8) is 0 Å². The van der Waals surface area contributed by atoms with Gasteiger partial charge in [0.05, 0.1) is 24.4 Å². The average Bonchev–Trinajstić information content (AvgIpc) is 2.82. The number of aryl methyl sites for hydroxylation is 1. The van der Waals surface area contributed by atoms with E-state index in [1.807, 2.05) is 6.92 Å². The van der Waals surface area contributed by atoms with E-state index in [0.717, 1.165) is 6.42 Å². The summed E-state index contributed by atoms with van der Waals surface area (Å²) in [5.41, 5.74) is 2.32. The van der Waals surface area contributed by atoms with Gasteiger partial charge < -0.3 is 15.0 Å². The highest BCUT2D eigenvalue weighted by molar-refractivity contribution is 6.03. The highest BCUT2D eigenvalue weighted by atomic mass is 16.5. The van der Waals surface area contributed by atoms with Crippen molar-refractivity contribution in [2.24, 2.45) is 5.92 Å². The molecule has 0 saturated heterocycles. The maximum atomic E-state index is 12.8. The lowest BCUT2D eigenvalue weighted by atomic mass is 9.85. The molecule has 2 rings (SSSR count). The van der Waals surface area contributed by atoms with Crippen LogP contribution in [0.4, 0.5) is 0 Å². The van der Waals surface area contributed by atoms with E-state index in [0.29, 0.717) is 34.5 Å². The summed E-state index contributed by atoms with van der Waals surface area (Å²) in [5.74, 6) is 0.187. The van der Waals surface area contributed by atoms with Gasteiger partial charge in [0.1, 0.15) is 0 Å². The number of hydrogen-bond donors (Lipinski definition) is 2. The number of hydrogen-bond acceptors (Lipinski definition) is 4. The molecule has 0 spiro atoms. The molecule has 1 aromatic rings. The van der Waals surface area contributed by atoms with Crippen molar-refractivity contribution in [2.75, 3.05) is 7.11 Å². The van der Waals surface area contributed by atoms with Crippen molar-refractivity contribution in [3.05, 3.63) is 22.5 Å². The van der Waals surface area contributed by atoms with Crippen LogP contribution in [0.25, 0.3) is 0 Å². The predicted molar refractivity (Wildman–Crippen MR) is 90.0 cm³/mol. The lowest BCUT2D eigenvalue weighted by Crippen LogP contribution is -2.46. The molecule has 1 heterocycles. The van der Waals surface area contributed by atoms with E-state index in [1.165, 1.54) is 26.4 Å². The SMILES string of the molecule is COC(=O)c1c(C)[nH]c(C(=O)[C@@H](C)N[C@H]2CCCC[C@@H]2C)c1C. The molecule has 5 heteroatoms. The first kappa shape index (κ1) is 17.7. The van der Waals surface area contributed by atoms with Crippen molar-refractivity contribution in [1.29, 1.82) is 0 Å². The molecule has 0 bridgehead atoms. The van der Waals surface area contributed by atoms with Crippen LogP contribution < -0.4 is 5.32 Å². The minimum atomic E-state index is -0.406. The summed E-state index contributed by atoms with van der Waals surface area (Å²) in [6, 6.07) is 0.113. The Labute approximate surface area is 138 Å². The van der Waals surface area contributed by atoms with E-state index >= 15 is 0 Å². The number of ether oxygens (including phenoxy) is 1. The molecule has 3 atom stereocenters. The second-order valence-corrected chi connectivity index (χ2v) is 6.74. The van der Waals surface area contributed by atoms with Gasteiger partial charge in [0, 0.05) is 11.7 Å². The summed E-state index contributed by atoms with van der Waals surface area (Å²) in [4.78, 5) is 27.7. The Bertz CT molecular complexity index is 591. The zero-order valence-electron chi connectivity index (χ0n) is 14.8. The third kappa shape index (κ3) is 3.66. The first-order chi connectivity index (χ1) is 10.9. The number of esters is 1. The van der Waals surface area contributed by atoms with Crippen LogP contribution in [0.2, 0.25) is 0 Å². The van der Waals surface area contributed by atoms with Crippen LogP contribution in [0.1, 0.15) is 71.6 Å². The zero-order chi connectivity index (χ0) is 17.1. The normalized spacial score (nSPS) is 22.7. The van der Waals surface area contributed by atoms with E-state index in [4.69, 9.17) is 4.74 Å². The van der Waals surface area contributed by atoms with Crippen LogP contribution >= 0.6 is 0 Å². The molecule has 5 nitrogen and oxygen atoms in total. The molecule has 1 aromatic heterocycles. The molecule has 0 unspecified atom stereocenters. The van der Waals surface area contributed by atoms with Crippen molar-refractivity contribution >= 4 is 11.8 Å². The van der Waals surface area contributed by atoms with Crippen LogP contribution in [-0.4, -0.2) is 35.9 Å². The highest BCUT2D eigenvalue weighted by Crippen LogP contribution is 2.25. The highest BCUT2D eigenvalue weighted by Gasteiger charge is 2.28. The number of H-pyrrole nitrogens is 1. The van der Waals surface area contributed by atoms with Gasteiger partial charge in [0.15, 0.2) is 5.78 Å². The first-order valence-electron chi connectivity index (χ1n) is 8.44. The molecule has 128 valence electrons. The number of aromatic amines is 1. The number of ketones is 1. The molecular weight excluding hydrogens is 292 g/mol. The second kappa shape index (κ2) is 7.30. The lowest BCUT2D eigenvalue weighted by Gasteiger charge is -2.31.